The molecule has 15 heavy (non-hydrogen) atoms. The van der Waals surface area contributed by atoms with E-state index in [-0.39, 0.29) is 6.10 Å². The molecule has 2 aromatic heterocycles. The fourth-order valence-corrected chi connectivity index (χ4v) is 1.55. The van der Waals surface area contributed by atoms with Crippen LogP contribution in [0.15, 0.2) is 18.5 Å². The van der Waals surface area contributed by atoms with Gasteiger partial charge in [-0.05, 0) is 6.07 Å². The molecule has 2 aromatic rings. The Labute approximate surface area is 85.8 Å². The molecule has 0 spiro atoms. The molecule has 78 valence electrons. The van der Waals surface area contributed by atoms with Gasteiger partial charge in [0.2, 0.25) is 5.88 Å². The number of aromatic nitrogens is 4. The zero-order chi connectivity index (χ0) is 10.1. The lowest BCUT2D eigenvalue weighted by molar-refractivity contribution is 0.137. The first-order valence-electron chi connectivity index (χ1n) is 4.83. The summed E-state index contributed by atoms with van der Waals surface area (Å²) in [6.07, 6.45) is 2.58. The lowest BCUT2D eigenvalue weighted by Gasteiger charge is -2.09. The third-order valence-electron chi connectivity index (χ3n) is 2.31. The molecule has 0 aliphatic carbocycles. The molecule has 1 atom stereocenters. The molecule has 6 nitrogen and oxygen atoms in total. The molecule has 1 aliphatic heterocycles. The van der Waals surface area contributed by atoms with E-state index in [0.29, 0.717) is 18.1 Å². The first kappa shape index (κ1) is 8.60. The van der Waals surface area contributed by atoms with Crippen molar-refractivity contribution in [3.05, 3.63) is 18.5 Å². The number of hydrogen-bond donors (Lipinski definition) is 0. The summed E-state index contributed by atoms with van der Waals surface area (Å²) in [6.45, 7) is 1.40. The molecule has 6 heteroatoms. The largest absolute Gasteiger partial charge is 0.471 e. The Hall–Kier alpha value is -1.69. The molecule has 1 aliphatic rings. The monoisotopic (exact) mass is 206 g/mol. The lowest BCUT2D eigenvalue weighted by Crippen LogP contribution is -2.16. The van der Waals surface area contributed by atoms with Crippen LogP contribution in [0.3, 0.4) is 0 Å². The van der Waals surface area contributed by atoms with Gasteiger partial charge in [-0.2, -0.15) is 4.52 Å². The molecular formula is C9H10N4O2. The SMILES string of the molecule is c1cc2nncn2nc1OC1CCOC1. The van der Waals surface area contributed by atoms with E-state index in [1.807, 2.05) is 6.07 Å². The van der Waals surface area contributed by atoms with Crippen LogP contribution >= 0.6 is 0 Å². The highest BCUT2D eigenvalue weighted by molar-refractivity contribution is 5.35. The van der Waals surface area contributed by atoms with E-state index in [1.54, 1.807) is 16.9 Å². The number of rotatable bonds is 2. The third kappa shape index (κ3) is 1.63. The van der Waals surface area contributed by atoms with E-state index in [4.69, 9.17) is 9.47 Å². The predicted molar refractivity (Wildman–Crippen MR) is 50.6 cm³/mol. The fraction of sp³-hybridized carbons (Fsp3) is 0.444. The van der Waals surface area contributed by atoms with Gasteiger partial charge in [0.1, 0.15) is 12.4 Å². The van der Waals surface area contributed by atoms with Crippen LogP contribution in [0.1, 0.15) is 6.42 Å². The van der Waals surface area contributed by atoms with E-state index in [2.05, 4.69) is 15.3 Å². The topological polar surface area (TPSA) is 61.5 Å². The highest BCUT2D eigenvalue weighted by Crippen LogP contribution is 2.14. The predicted octanol–water partition coefficient (Wildman–Crippen LogP) is 0.292. The number of hydrogen-bond acceptors (Lipinski definition) is 5. The average molecular weight is 206 g/mol. The van der Waals surface area contributed by atoms with Gasteiger partial charge in [0, 0.05) is 12.5 Å². The Kier molecular flexibility index (Phi) is 1.99. The van der Waals surface area contributed by atoms with Crippen molar-refractivity contribution in [3.63, 3.8) is 0 Å². The molecule has 0 aromatic carbocycles. The highest BCUT2D eigenvalue weighted by atomic mass is 16.5. The second-order valence-electron chi connectivity index (χ2n) is 3.41. The minimum atomic E-state index is 0.117. The van der Waals surface area contributed by atoms with Crippen molar-refractivity contribution in [2.24, 2.45) is 0 Å². The second kappa shape index (κ2) is 3.47. The van der Waals surface area contributed by atoms with Crippen LogP contribution in [0.5, 0.6) is 5.88 Å². The van der Waals surface area contributed by atoms with Crippen LogP contribution in [0.2, 0.25) is 0 Å². The first-order chi connectivity index (χ1) is 7.42. The molecule has 1 saturated heterocycles. The number of ether oxygens (including phenoxy) is 2. The highest BCUT2D eigenvalue weighted by Gasteiger charge is 2.17. The van der Waals surface area contributed by atoms with Gasteiger partial charge in [0.05, 0.1) is 13.2 Å². The van der Waals surface area contributed by atoms with Crippen LogP contribution in [-0.2, 0) is 4.74 Å². The van der Waals surface area contributed by atoms with Crippen LogP contribution < -0.4 is 4.74 Å². The van der Waals surface area contributed by atoms with E-state index in [9.17, 15) is 0 Å². The van der Waals surface area contributed by atoms with Gasteiger partial charge in [-0.15, -0.1) is 15.3 Å². The van der Waals surface area contributed by atoms with Crippen LogP contribution in [0.25, 0.3) is 5.65 Å². The summed E-state index contributed by atoms with van der Waals surface area (Å²) in [5.41, 5.74) is 0.713. The minimum Gasteiger partial charge on any atom is -0.471 e. The van der Waals surface area contributed by atoms with Crippen molar-refractivity contribution in [1.82, 2.24) is 19.8 Å². The molecule has 1 fully saturated rings. The lowest BCUT2D eigenvalue weighted by atomic mass is 10.3. The Morgan fingerprint density at radius 2 is 2.47 bits per heavy atom. The first-order valence-corrected chi connectivity index (χ1v) is 4.83. The minimum absolute atomic E-state index is 0.117. The van der Waals surface area contributed by atoms with Crippen LogP contribution in [-0.4, -0.2) is 39.1 Å². The molecule has 0 bridgehead atoms. The molecular weight excluding hydrogens is 196 g/mol. The van der Waals surface area contributed by atoms with Gasteiger partial charge in [-0.25, -0.2) is 0 Å². The van der Waals surface area contributed by atoms with E-state index >= 15 is 0 Å². The summed E-state index contributed by atoms with van der Waals surface area (Å²) >= 11 is 0. The Morgan fingerprint density at radius 3 is 3.33 bits per heavy atom. The van der Waals surface area contributed by atoms with Gasteiger partial charge in [0.15, 0.2) is 5.65 Å². The average Bonchev–Trinajstić information content (AvgIpc) is 2.87. The summed E-state index contributed by atoms with van der Waals surface area (Å²) in [5, 5.41) is 11.8. The molecule has 0 radical (unpaired) electrons. The number of nitrogens with zero attached hydrogens (tertiary/aromatic N) is 4. The smallest absolute Gasteiger partial charge is 0.232 e. The fourth-order valence-electron chi connectivity index (χ4n) is 1.55. The molecule has 0 saturated carbocycles. The molecule has 1 unspecified atom stereocenters. The van der Waals surface area contributed by atoms with Gasteiger partial charge in [0.25, 0.3) is 0 Å². The molecule has 3 heterocycles. The van der Waals surface area contributed by atoms with Crippen molar-refractivity contribution >= 4 is 5.65 Å². The van der Waals surface area contributed by atoms with Crippen LogP contribution in [0.4, 0.5) is 0 Å². The van der Waals surface area contributed by atoms with Crippen molar-refractivity contribution in [3.8, 4) is 5.88 Å². The van der Waals surface area contributed by atoms with Gasteiger partial charge in [-0.1, -0.05) is 0 Å². The van der Waals surface area contributed by atoms with Crippen molar-refractivity contribution in [1.29, 1.82) is 0 Å². The van der Waals surface area contributed by atoms with Crippen molar-refractivity contribution in [2.75, 3.05) is 13.2 Å². The Morgan fingerprint density at radius 1 is 1.47 bits per heavy atom. The van der Waals surface area contributed by atoms with Gasteiger partial charge in [-0.3, -0.25) is 0 Å². The summed E-state index contributed by atoms with van der Waals surface area (Å²) in [4.78, 5) is 0. The molecule has 0 amide bonds. The summed E-state index contributed by atoms with van der Waals surface area (Å²) in [5.74, 6) is 0.581. The van der Waals surface area contributed by atoms with E-state index in [1.165, 1.54) is 0 Å². The maximum atomic E-state index is 5.64. The Bertz CT molecular complexity index is 464. The zero-order valence-corrected chi connectivity index (χ0v) is 8.04. The Balaban J connectivity index is 1.84. The summed E-state index contributed by atoms with van der Waals surface area (Å²) in [7, 11) is 0. The maximum absolute atomic E-state index is 5.64. The summed E-state index contributed by atoms with van der Waals surface area (Å²) in [6, 6.07) is 3.62. The number of fused-ring (bicyclic) bond motifs is 1. The molecule has 0 N–H and O–H groups in total. The van der Waals surface area contributed by atoms with Gasteiger partial charge < -0.3 is 9.47 Å². The van der Waals surface area contributed by atoms with Crippen molar-refractivity contribution < 1.29 is 9.47 Å². The van der Waals surface area contributed by atoms with E-state index in [0.717, 1.165) is 13.0 Å². The molecule has 3 rings (SSSR count). The normalized spacial score (nSPS) is 20.9. The zero-order valence-electron chi connectivity index (χ0n) is 8.04. The van der Waals surface area contributed by atoms with Crippen molar-refractivity contribution in [2.45, 2.75) is 12.5 Å². The third-order valence-corrected chi connectivity index (χ3v) is 2.31. The second-order valence-corrected chi connectivity index (χ2v) is 3.41. The van der Waals surface area contributed by atoms with E-state index < -0.39 is 0 Å². The standard InChI is InChI=1S/C9H10N4O2/c1-2-9(15-7-3-4-14-5-7)12-13-6-10-11-8(1)13/h1-2,6-7H,3-5H2. The maximum Gasteiger partial charge on any atom is 0.232 e. The summed E-state index contributed by atoms with van der Waals surface area (Å²) < 4.78 is 12.4. The van der Waals surface area contributed by atoms with Gasteiger partial charge >= 0.3 is 0 Å². The van der Waals surface area contributed by atoms with Crippen LogP contribution in [0, 0.1) is 0 Å². The quantitative estimate of drug-likeness (QED) is 0.706.